The summed E-state index contributed by atoms with van der Waals surface area (Å²) in [6.07, 6.45) is 0.837. The number of allylic oxidation sites excluding steroid dienone is 2. The predicted molar refractivity (Wildman–Crippen MR) is 181 cm³/mol. The van der Waals surface area contributed by atoms with E-state index in [4.69, 9.17) is 18.9 Å². The molecule has 2 atom stereocenters. The van der Waals surface area contributed by atoms with Gasteiger partial charge in [-0.2, -0.15) is 0 Å². The number of hydrogen-bond donors (Lipinski definition) is 2. The Kier molecular flexibility index (Phi) is 14.7. The van der Waals surface area contributed by atoms with E-state index in [1.807, 2.05) is 24.3 Å². The van der Waals surface area contributed by atoms with Crippen molar-refractivity contribution in [2.75, 3.05) is 66.7 Å². The second-order valence-corrected chi connectivity index (χ2v) is 11.6. The third kappa shape index (κ3) is 9.92. The fourth-order valence-electron chi connectivity index (χ4n) is 5.95. The van der Waals surface area contributed by atoms with Crippen LogP contribution >= 0.6 is 12.4 Å². The fraction of sp³-hybridized carbons (Fsp3) is 0.471. The van der Waals surface area contributed by atoms with E-state index in [0.717, 1.165) is 39.1 Å². The number of rotatable bonds is 15. The number of aliphatic hydroxyl groups excluding tert-OH is 1. The highest BCUT2D eigenvalue weighted by atomic mass is 35.5. The molecule has 2 unspecified atom stereocenters. The number of hydrogen-bond acceptors (Lipinski definition) is 12. The van der Waals surface area contributed by atoms with Crippen molar-refractivity contribution in [2.45, 2.75) is 38.7 Å². The van der Waals surface area contributed by atoms with E-state index in [1.54, 1.807) is 27.0 Å². The van der Waals surface area contributed by atoms with Crippen LogP contribution in [0, 0.1) is 10.1 Å². The smallest absolute Gasteiger partial charge is 0.336 e. The lowest BCUT2D eigenvalue weighted by molar-refractivity contribution is -0.384. The Balaban J connectivity index is 0.00000625. The molecule has 2 aromatic rings. The normalized spacial score (nSPS) is 17.6. The summed E-state index contributed by atoms with van der Waals surface area (Å²) in [6, 6.07) is 13.3. The van der Waals surface area contributed by atoms with Crippen LogP contribution in [0.2, 0.25) is 0 Å². The zero-order valence-corrected chi connectivity index (χ0v) is 28.6. The number of nitrogens with zero attached hydrogens (tertiary/aromatic N) is 3. The molecule has 2 aromatic carbocycles. The van der Waals surface area contributed by atoms with Gasteiger partial charge in [0.15, 0.2) is 11.5 Å². The molecular weight excluding hydrogens is 644 g/mol. The minimum Gasteiger partial charge on any atom is -0.493 e. The highest BCUT2D eigenvalue weighted by Gasteiger charge is 2.38. The number of nitrogens with one attached hydrogen (secondary N) is 1. The zero-order chi connectivity index (χ0) is 33.9. The Bertz CT molecular complexity index is 1490. The number of dihydropyridines is 1. The lowest BCUT2D eigenvalue weighted by Gasteiger charge is -2.35. The van der Waals surface area contributed by atoms with Crippen LogP contribution in [0.4, 0.5) is 5.69 Å². The van der Waals surface area contributed by atoms with E-state index in [9.17, 15) is 24.8 Å². The summed E-state index contributed by atoms with van der Waals surface area (Å²) in [5.41, 5.74) is 1.68. The van der Waals surface area contributed by atoms with Gasteiger partial charge in [-0.3, -0.25) is 15.0 Å². The molecule has 0 bridgehead atoms. The number of ether oxygens (including phenoxy) is 4. The number of carbonyl (C=O) groups is 2. The number of nitro groups is 1. The van der Waals surface area contributed by atoms with Crippen LogP contribution in [0.15, 0.2) is 71.1 Å². The molecule has 13 nitrogen and oxygen atoms in total. The van der Waals surface area contributed by atoms with Gasteiger partial charge in [-0.05, 0) is 50.9 Å². The van der Waals surface area contributed by atoms with Gasteiger partial charge in [0.2, 0.25) is 0 Å². The van der Waals surface area contributed by atoms with Crippen molar-refractivity contribution in [3.63, 3.8) is 0 Å². The summed E-state index contributed by atoms with van der Waals surface area (Å²) in [5, 5.41) is 25.1. The molecule has 2 N–H and O–H groups in total. The molecule has 4 rings (SSSR count). The summed E-state index contributed by atoms with van der Waals surface area (Å²) < 4.78 is 21.7. The van der Waals surface area contributed by atoms with Crippen molar-refractivity contribution in [1.82, 2.24) is 15.1 Å². The Labute approximate surface area is 287 Å². The van der Waals surface area contributed by atoms with E-state index in [2.05, 4.69) is 15.1 Å². The van der Waals surface area contributed by atoms with E-state index in [1.165, 1.54) is 25.3 Å². The number of esters is 2. The number of methoxy groups -OCH3 is 2. The van der Waals surface area contributed by atoms with Crippen LogP contribution in [0.25, 0.3) is 0 Å². The van der Waals surface area contributed by atoms with Gasteiger partial charge in [0.25, 0.3) is 5.69 Å². The van der Waals surface area contributed by atoms with Crippen molar-refractivity contribution in [3.05, 3.63) is 86.7 Å². The van der Waals surface area contributed by atoms with Crippen LogP contribution in [0.3, 0.4) is 0 Å². The number of nitro benzene ring substituents is 1. The molecule has 48 heavy (non-hydrogen) atoms. The second-order valence-electron chi connectivity index (χ2n) is 11.6. The number of β-amino-alcohol motifs (C(OH)–C–C–N with tert-alkyl or cyclic N) is 1. The van der Waals surface area contributed by atoms with Crippen LogP contribution in [0.1, 0.15) is 38.2 Å². The largest absolute Gasteiger partial charge is 0.493 e. The third-order valence-electron chi connectivity index (χ3n) is 8.34. The van der Waals surface area contributed by atoms with Gasteiger partial charge in [0, 0.05) is 56.3 Å². The summed E-state index contributed by atoms with van der Waals surface area (Å²) in [4.78, 5) is 41.8. The number of halogens is 1. The number of benzene rings is 2. The van der Waals surface area contributed by atoms with E-state index < -0.39 is 28.9 Å². The van der Waals surface area contributed by atoms with Gasteiger partial charge in [0.05, 0.1) is 42.8 Å². The first-order valence-electron chi connectivity index (χ1n) is 15.7. The SMILES string of the molecule is COC(=O)C1=C(C)NC(C)=C(C(=O)OCCCCN2CCN(CC(O)COc3ccccc3OC)CC2)C1c1cccc([N+](=O)[O-])c1.Cl. The molecule has 0 radical (unpaired) electrons. The Morgan fingerprint density at radius 2 is 1.60 bits per heavy atom. The topological polar surface area (TPSA) is 153 Å². The Morgan fingerprint density at radius 1 is 0.958 bits per heavy atom. The molecule has 0 aliphatic carbocycles. The number of para-hydroxylation sites is 2. The van der Waals surface area contributed by atoms with Crippen molar-refractivity contribution < 1.29 is 38.6 Å². The Morgan fingerprint density at radius 3 is 2.25 bits per heavy atom. The van der Waals surface area contributed by atoms with Crippen molar-refractivity contribution in [2.24, 2.45) is 0 Å². The molecule has 14 heteroatoms. The monoisotopic (exact) mass is 688 g/mol. The molecule has 0 amide bonds. The van der Waals surface area contributed by atoms with E-state index in [0.29, 0.717) is 41.4 Å². The van der Waals surface area contributed by atoms with Gasteiger partial charge >= 0.3 is 11.9 Å². The van der Waals surface area contributed by atoms with Crippen molar-refractivity contribution in [3.8, 4) is 11.5 Å². The third-order valence-corrected chi connectivity index (χ3v) is 8.34. The molecular formula is C34H45ClN4O9. The van der Waals surface area contributed by atoms with E-state index >= 15 is 0 Å². The van der Waals surface area contributed by atoms with Crippen LogP contribution < -0.4 is 14.8 Å². The summed E-state index contributed by atoms with van der Waals surface area (Å²) in [7, 11) is 2.83. The average Bonchev–Trinajstić information content (AvgIpc) is 3.07. The first-order chi connectivity index (χ1) is 22.6. The van der Waals surface area contributed by atoms with Gasteiger partial charge in [-0.1, -0.05) is 24.3 Å². The highest BCUT2D eigenvalue weighted by molar-refractivity contribution is 5.99. The quantitative estimate of drug-likeness (QED) is 0.121. The molecule has 2 aliphatic heterocycles. The maximum atomic E-state index is 13.4. The molecule has 1 fully saturated rings. The summed E-state index contributed by atoms with van der Waals surface area (Å²) in [5.74, 6) is -0.890. The highest BCUT2D eigenvalue weighted by Crippen LogP contribution is 2.40. The molecule has 0 spiro atoms. The number of unbranched alkanes of at least 4 members (excludes halogenated alkanes) is 1. The number of aliphatic hydroxyl groups is 1. The Hall–Kier alpha value is -4.17. The predicted octanol–water partition coefficient (Wildman–Crippen LogP) is 3.81. The van der Waals surface area contributed by atoms with Crippen molar-refractivity contribution >= 4 is 30.0 Å². The number of non-ortho nitro benzene ring substituents is 1. The van der Waals surface area contributed by atoms with Gasteiger partial charge in [0.1, 0.15) is 12.7 Å². The molecule has 262 valence electrons. The summed E-state index contributed by atoms with van der Waals surface area (Å²) >= 11 is 0. The molecule has 2 heterocycles. The number of piperazine rings is 1. The molecule has 0 aromatic heterocycles. The molecule has 2 aliphatic rings. The first-order valence-corrected chi connectivity index (χ1v) is 15.7. The maximum Gasteiger partial charge on any atom is 0.336 e. The maximum absolute atomic E-state index is 13.4. The van der Waals surface area contributed by atoms with Crippen LogP contribution in [-0.4, -0.2) is 105 Å². The fourth-order valence-corrected chi connectivity index (χ4v) is 5.95. The first kappa shape index (κ1) is 38.3. The second kappa shape index (κ2) is 18.4. The minimum atomic E-state index is -0.890. The van der Waals surface area contributed by atoms with Crippen LogP contribution in [0.5, 0.6) is 11.5 Å². The van der Waals surface area contributed by atoms with Gasteiger partial charge in [-0.25, -0.2) is 9.59 Å². The van der Waals surface area contributed by atoms with Crippen LogP contribution in [-0.2, 0) is 19.1 Å². The minimum absolute atomic E-state index is 0. The van der Waals surface area contributed by atoms with Gasteiger partial charge < -0.3 is 34.3 Å². The van der Waals surface area contributed by atoms with E-state index in [-0.39, 0.29) is 42.5 Å². The zero-order valence-electron chi connectivity index (χ0n) is 27.8. The number of carbonyl (C=O) groups excluding carboxylic acids is 2. The lowest BCUT2D eigenvalue weighted by atomic mass is 9.80. The standard InChI is InChI=1S/C34H44N4O9.ClH/c1-23-30(33(40)45-4)32(25-10-9-11-26(20-25)38(42)43)31(24(2)35-23)34(41)46-19-8-7-14-36-15-17-37(18-16-36)21-27(39)22-47-29-13-6-5-12-28(29)44-3;/h5-6,9-13,20,27,32,35,39H,7-8,14-19,21-22H2,1-4H3;1H. The lowest BCUT2D eigenvalue weighted by Crippen LogP contribution is -2.49. The molecule has 1 saturated heterocycles. The summed E-state index contributed by atoms with van der Waals surface area (Å²) in [6.45, 7) is 8.53. The van der Waals surface area contributed by atoms with Gasteiger partial charge in [-0.15, -0.1) is 12.4 Å². The molecule has 0 saturated carbocycles. The van der Waals surface area contributed by atoms with Crippen molar-refractivity contribution in [1.29, 1.82) is 0 Å². The average molecular weight is 689 g/mol.